The van der Waals surface area contributed by atoms with Crippen LogP contribution in [-0.4, -0.2) is 30.2 Å². The van der Waals surface area contributed by atoms with Crippen molar-refractivity contribution in [3.05, 3.63) is 77.1 Å². The highest BCUT2D eigenvalue weighted by molar-refractivity contribution is 7.11. The van der Waals surface area contributed by atoms with Crippen LogP contribution in [0.3, 0.4) is 0 Å². The Labute approximate surface area is 215 Å². The van der Waals surface area contributed by atoms with Crippen molar-refractivity contribution in [1.29, 1.82) is 0 Å². The zero-order valence-corrected chi connectivity index (χ0v) is 22.2. The van der Waals surface area contributed by atoms with E-state index in [4.69, 9.17) is 14.2 Å². The summed E-state index contributed by atoms with van der Waals surface area (Å²) >= 11 is 2.79. The molecule has 0 bridgehead atoms. The van der Waals surface area contributed by atoms with Gasteiger partial charge in [0.1, 0.15) is 0 Å². The fourth-order valence-corrected chi connectivity index (χ4v) is 5.58. The molecule has 0 N–H and O–H groups in total. The predicted molar refractivity (Wildman–Crippen MR) is 138 cm³/mol. The topological polar surface area (TPSA) is 96.2 Å². The molecule has 188 valence electrons. The number of methoxy groups -OCH3 is 1. The van der Waals surface area contributed by atoms with E-state index in [9.17, 15) is 14.4 Å². The van der Waals surface area contributed by atoms with E-state index in [1.807, 2.05) is 37.4 Å². The summed E-state index contributed by atoms with van der Waals surface area (Å²) in [5.41, 5.74) is 1.08. The lowest BCUT2D eigenvalue weighted by Gasteiger charge is -2.25. The average Bonchev–Trinajstić information content (AvgIpc) is 3.44. The number of benzene rings is 1. The van der Waals surface area contributed by atoms with Crippen molar-refractivity contribution in [2.24, 2.45) is 10.9 Å². The van der Waals surface area contributed by atoms with E-state index in [1.165, 1.54) is 41.3 Å². The minimum absolute atomic E-state index is 0.142. The quantitative estimate of drug-likeness (QED) is 0.346. The van der Waals surface area contributed by atoms with Crippen molar-refractivity contribution in [3.63, 3.8) is 0 Å². The summed E-state index contributed by atoms with van der Waals surface area (Å²) < 4.78 is 18.3. The highest BCUT2D eigenvalue weighted by Gasteiger charge is 2.34. The molecule has 0 aliphatic carbocycles. The third-order valence-electron chi connectivity index (χ3n) is 5.36. The molecule has 1 aromatic carbocycles. The van der Waals surface area contributed by atoms with Gasteiger partial charge in [-0.15, -0.1) is 11.3 Å². The van der Waals surface area contributed by atoms with E-state index >= 15 is 0 Å². The average molecular weight is 527 g/mol. The minimum Gasteiger partial charge on any atom is -0.493 e. The Balaban J connectivity index is 1.92. The Morgan fingerprint density at radius 2 is 2.00 bits per heavy atom. The van der Waals surface area contributed by atoms with Crippen LogP contribution in [0.5, 0.6) is 11.5 Å². The maximum atomic E-state index is 13.6. The fraction of sp³-hybridized carbons (Fsp3) is 0.308. The van der Waals surface area contributed by atoms with Crippen LogP contribution in [0.25, 0.3) is 6.08 Å². The summed E-state index contributed by atoms with van der Waals surface area (Å²) in [6, 6.07) is 8.00. The predicted octanol–water partition coefficient (Wildman–Crippen LogP) is 3.43. The molecule has 4 rings (SSSR count). The number of allylic oxidation sites excluding steroid dienone is 1. The number of carbonyl (C=O) groups excluding carboxylic acids is 2. The van der Waals surface area contributed by atoms with Gasteiger partial charge in [-0.2, -0.15) is 0 Å². The second-order valence-electron chi connectivity index (χ2n) is 8.59. The number of aromatic nitrogens is 1. The molecule has 0 saturated carbocycles. The summed E-state index contributed by atoms with van der Waals surface area (Å²) in [6.07, 6.45) is 1.83. The van der Waals surface area contributed by atoms with Gasteiger partial charge in [-0.3, -0.25) is 14.2 Å². The summed E-state index contributed by atoms with van der Waals surface area (Å²) in [5.74, 6) is -0.346. The molecule has 0 saturated heterocycles. The van der Waals surface area contributed by atoms with Crippen LogP contribution < -0.4 is 24.4 Å². The molecule has 0 fully saturated rings. The van der Waals surface area contributed by atoms with Crippen LogP contribution >= 0.6 is 22.7 Å². The standard InChI is InChI=1S/C26H26N2O6S2/c1-14(2)13-33-25(31)22-15(3)27-26-28(24(30)21(36-26)12-18-7-6-10-35-18)23(22)17-8-9-19(34-16(4)29)20(11-17)32-5/h6-12,14,23H,13H2,1-5H3/b21-12-/t23-/m1/s1. The first-order chi connectivity index (χ1) is 17.2. The molecule has 3 aromatic rings. The largest absolute Gasteiger partial charge is 0.493 e. The highest BCUT2D eigenvalue weighted by atomic mass is 32.1. The van der Waals surface area contributed by atoms with E-state index in [2.05, 4.69) is 4.99 Å². The Hall–Kier alpha value is -3.50. The van der Waals surface area contributed by atoms with Crippen molar-refractivity contribution >= 4 is 40.7 Å². The lowest BCUT2D eigenvalue weighted by Crippen LogP contribution is -2.40. The third kappa shape index (κ3) is 5.19. The van der Waals surface area contributed by atoms with Crippen molar-refractivity contribution in [2.75, 3.05) is 13.7 Å². The Bertz CT molecular complexity index is 1510. The molecule has 36 heavy (non-hydrogen) atoms. The molecule has 0 spiro atoms. The van der Waals surface area contributed by atoms with Crippen LogP contribution in [0.1, 0.15) is 44.2 Å². The van der Waals surface area contributed by atoms with E-state index in [0.717, 1.165) is 4.88 Å². The molecule has 1 aliphatic rings. The van der Waals surface area contributed by atoms with Gasteiger partial charge in [0.25, 0.3) is 5.56 Å². The van der Waals surface area contributed by atoms with Crippen molar-refractivity contribution < 1.29 is 23.8 Å². The van der Waals surface area contributed by atoms with Gasteiger partial charge in [0.05, 0.1) is 35.6 Å². The lowest BCUT2D eigenvalue weighted by molar-refractivity contribution is -0.140. The van der Waals surface area contributed by atoms with Gasteiger partial charge in [-0.25, -0.2) is 9.79 Å². The Morgan fingerprint density at radius 1 is 1.22 bits per heavy atom. The zero-order valence-electron chi connectivity index (χ0n) is 20.6. The third-order valence-corrected chi connectivity index (χ3v) is 7.17. The zero-order chi connectivity index (χ0) is 26.0. The normalized spacial score (nSPS) is 15.5. The van der Waals surface area contributed by atoms with Gasteiger partial charge in [0, 0.05) is 11.8 Å². The number of hydrogen-bond donors (Lipinski definition) is 0. The number of thiophene rings is 1. The van der Waals surface area contributed by atoms with Gasteiger partial charge >= 0.3 is 11.9 Å². The Morgan fingerprint density at radius 3 is 2.64 bits per heavy atom. The van der Waals surface area contributed by atoms with Gasteiger partial charge < -0.3 is 14.2 Å². The number of esters is 2. The van der Waals surface area contributed by atoms with Crippen molar-refractivity contribution in [2.45, 2.75) is 33.7 Å². The highest BCUT2D eigenvalue weighted by Crippen LogP contribution is 2.36. The summed E-state index contributed by atoms with van der Waals surface area (Å²) in [4.78, 5) is 44.5. The smallest absolute Gasteiger partial charge is 0.338 e. The monoisotopic (exact) mass is 526 g/mol. The van der Waals surface area contributed by atoms with Crippen LogP contribution in [0.2, 0.25) is 0 Å². The molecule has 3 heterocycles. The number of carbonyl (C=O) groups is 2. The molecular formula is C26H26N2O6S2. The molecule has 0 amide bonds. The number of thiazole rings is 1. The van der Waals surface area contributed by atoms with Crippen LogP contribution in [-0.2, 0) is 14.3 Å². The van der Waals surface area contributed by atoms with E-state index in [1.54, 1.807) is 25.1 Å². The van der Waals surface area contributed by atoms with Gasteiger partial charge in [0.2, 0.25) is 0 Å². The van der Waals surface area contributed by atoms with E-state index in [0.29, 0.717) is 26.3 Å². The number of hydrogen-bond acceptors (Lipinski definition) is 9. The van der Waals surface area contributed by atoms with Crippen LogP contribution in [0.15, 0.2) is 56.8 Å². The second kappa shape index (κ2) is 10.6. The molecule has 0 unspecified atom stereocenters. The van der Waals surface area contributed by atoms with Crippen molar-refractivity contribution in [3.8, 4) is 11.5 Å². The maximum absolute atomic E-state index is 13.6. The SMILES string of the molecule is COc1cc([C@@H]2C(C(=O)OCC(C)C)=C(C)N=c3s/c(=C\c4cccs4)c(=O)n32)ccc1OC(C)=O. The summed E-state index contributed by atoms with van der Waals surface area (Å²) in [6.45, 7) is 7.17. The van der Waals surface area contributed by atoms with Crippen LogP contribution in [0.4, 0.5) is 0 Å². The number of rotatable bonds is 7. The Kier molecular flexibility index (Phi) is 7.56. The number of nitrogens with zero attached hydrogens (tertiary/aromatic N) is 2. The molecule has 0 radical (unpaired) electrons. The summed E-state index contributed by atoms with van der Waals surface area (Å²) in [5, 5.41) is 1.94. The van der Waals surface area contributed by atoms with E-state index in [-0.39, 0.29) is 29.4 Å². The molecule has 1 aliphatic heterocycles. The first kappa shape index (κ1) is 25.6. The molecule has 8 nitrogen and oxygen atoms in total. The second-order valence-corrected chi connectivity index (χ2v) is 10.6. The molecular weight excluding hydrogens is 500 g/mol. The molecule has 10 heteroatoms. The maximum Gasteiger partial charge on any atom is 0.338 e. The number of fused-ring (bicyclic) bond motifs is 1. The van der Waals surface area contributed by atoms with Gasteiger partial charge in [-0.05, 0) is 48.1 Å². The molecule has 2 aromatic heterocycles. The van der Waals surface area contributed by atoms with Gasteiger partial charge in [0.15, 0.2) is 16.3 Å². The molecule has 1 atom stereocenters. The van der Waals surface area contributed by atoms with Crippen LogP contribution in [0, 0.1) is 5.92 Å². The van der Waals surface area contributed by atoms with Crippen molar-refractivity contribution in [1.82, 2.24) is 4.57 Å². The van der Waals surface area contributed by atoms with E-state index < -0.39 is 18.0 Å². The lowest BCUT2D eigenvalue weighted by atomic mass is 9.95. The minimum atomic E-state index is -0.799. The number of ether oxygens (including phenoxy) is 3. The first-order valence-electron chi connectivity index (χ1n) is 11.3. The first-order valence-corrected chi connectivity index (χ1v) is 13.0. The fourth-order valence-electron chi connectivity index (χ4n) is 3.81. The van der Waals surface area contributed by atoms with Gasteiger partial charge in [-0.1, -0.05) is 37.3 Å². The summed E-state index contributed by atoms with van der Waals surface area (Å²) in [7, 11) is 1.46.